The molecule has 1 aromatic carbocycles. The molecule has 0 fully saturated rings. The van der Waals surface area contributed by atoms with Crippen LogP contribution < -0.4 is 20.1 Å². The first kappa shape index (κ1) is 21.6. The zero-order chi connectivity index (χ0) is 20.1. The SMILES string of the molecule is COc1cc(NC(NC(C)C(C)(C)C)=C(C#N)S(C)(=O)=O)cc(OC)c1. The fourth-order valence-corrected chi connectivity index (χ4v) is 2.59. The van der Waals surface area contributed by atoms with Crippen LogP contribution in [0, 0.1) is 16.7 Å². The van der Waals surface area contributed by atoms with E-state index in [1.165, 1.54) is 14.2 Å². The standard InChI is InChI=1S/C18H27N3O4S/c1-12(18(2,3)4)20-17(16(11-19)26(7,22)23)21-13-8-14(24-5)10-15(9-13)25-6/h8-10,12,20-21H,1-7H3. The number of methoxy groups -OCH3 is 2. The molecule has 0 aliphatic rings. The molecule has 144 valence electrons. The Hall–Kier alpha value is -2.40. The van der Waals surface area contributed by atoms with Crippen LogP contribution in [0.4, 0.5) is 5.69 Å². The molecule has 0 aliphatic carbocycles. The van der Waals surface area contributed by atoms with E-state index in [-0.39, 0.29) is 22.2 Å². The zero-order valence-corrected chi connectivity index (χ0v) is 17.1. The van der Waals surface area contributed by atoms with Crippen molar-refractivity contribution < 1.29 is 17.9 Å². The van der Waals surface area contributed by atoms with Crippen LogP contribution in [0.3, 0.4) is 0 Å². The Labute approximate surface area is 155 Å². The van der Waals surface area contributed by atoms with Crippen LogP contribution in [0.25, 0.3) is 0 Å². The summed E-state index contributed by atoms with van der Waals surface area (Å²) < 4.78 is 34.6. The first-order chi connectivity index (χ1) is 11.9. The number of anilines is 1. The Kier molecular flexibility index (Phi) is 6.93. The van der Waals surface area contributed by atoms with Crippen molar-refractivity contribution in [2.75, 3.05) is 25.8 Å². The number of nitrogens with one attached hydrogen (secondary N) is 2. The number of hydrogen-bond acceptors (Lipinski definition) is 7. The van der Waals surface area contributed by atoms with Gasteiger partial charge in [0.15, 0.2) is 14.7 Å². The van der Waals surface area contributed by atoms with Gasteiger partial charge >= 0.3 is 0 Å². The summed E-state index contributed by atoms with van der Waals surface area (Å²) in [6.07, 6.45) is 1.00. The lowest BCUT2D eigenvalue weighted by Gasteiger charge is -2.30. The van der Waals surface area contributed by atoms with Crippen LogP contribution in [0.1, 0.15) is 27.7 Å². The third-order valence-electron chi connectivity index (χ3n) is 3.98. The molecule has 26 heavy (non-hydrogen) atoms. The molecule has 0 spiro atoms. The van der Waals surface area contributed by atoms with Gasteiger partial charge in [0.05, 0.1) is 14.2 Å². The molecule has 1 atom stereocenters. The van der Waals surface area contributed by atoms with E-state index in [2.05, 4.69) is 10.6 Å². The van der Waals surface area contributed by atoms with Gasteiger partial charge in [0.2, 0.25) is 0 Å². The molecular formula is C18H27N3O4S. The van der Waals surface area contributed by atoms with Gasteiger partial charge < -0.3 is 20.1 Å². The lowest BCUT2D eigenvalue weighted by Crippen LogP contribution is -2.40. The second-order valence-electron chi connectivity index (χ2n) is 7.05. The molecule has 0 amide bonds. The van der Waals surface area contributed by atoms with E-state index >= 15 is 0 Å². The number of nitriles is 1. The van der Waals surface area contributed by atoms with Crippen molar-refractivity contribution in [3.05, 3.63) is 28.9 Å². The summed E-state index contributed by atoms with van der Waals surface area (Å²) in [5.74, 6) is 1.19. The number of hydrogen-bond donors (Lipinski definition) is 2. The quantitative estimate of drug-likeness (QED) is 0.700. The molecule has 0 heterocycles. The number of rotatable bonds is 7. The van der Waals surface area contributed by atoms with E-state index in [0.29, 0.717) is 17.2 Å². The molecule has 0 radical (unpaired) electrons. The summed E-state index contributed by atoms with van der Waals surface area (Å²) in [5, 5.41) is 15.5. The Morgan fingerprint density at radius 1 is 1.15 bits per heavy atom. The van der Waals surface area contributed by atoms with Crippen molar-refractivity contribution in [2.45, 2.75) is 33.7 Å². The monoisotopic (exact) mass is 381 g/mol. The largest absolute Gasteiger partial charge is 0.497 e. The summed E-state index contributed by atoms with van der Waals surface area (Å²) in [4.78, 5) is -0.365. The average molecular weight is 381 g/mol. The van der Waals surface area contributed by atoms with Crippen LogP contribution in [0.5, 0.6) is 11.5 Å². The van der Waals surface area contributed by atoms with E-state index in [0.717, 1.165) is 6.26 Å². The number of allylic oxidation sites excluding steroid dienone is 1. The smallest absolute Gasteiger partial charge is 0.189 e. The molecule has 0 aromatic heterocycles. The van der Waals surface area contributed by atoms with Gasteiger partial charge in [-0.15, -0.1) is 0 Å². The highest BCUT2D eigenvalue weighted by molar-refractivity contribution is 7.94. The van der Waals surface area contributed by atoms with Crippen LogP contribution in [0.2, 0.25) is 0 Å². The van der Waals surface area contributed by atoms with Crippen LogP contribution in [-0.4, -0.2) is 34.9 Å². The van der Waals surface area contributed by atoms with E-state index in [1.54, 1.807) is 24.3 Å². The Morgan fingerprint density at radius 3 is 2.00 bits per heavy atom. The van der Waals surface area contributed by atoms with Crippen molar-refractivity contribution in [1.29, 1.82) is 5.26 Å². The van der Waals surface area contributed by atoms with E-state index < -0.39 is 9.84 Å². The van der Waals surface area contributed by atoms with Gasteiger partial charge in [-0.05, 0) is 12.3 Å². The second kappa shape index (κ2) is 8.32. The molecular weight excluding hydrogens is 354 g/mol. The Balaban J connectivity index is 3.44. The van der Waals surface area contributed by atoms with Gasteiger partial charge in [0, 0.05) is 36.2 Å². The minimum absolute atomic E-state index is 0.109. The van der Waals surface area contributed by atoms with E-state index in [1.807, 2.05) is 27.7 Å². The van der Waals surface area contributed by atoms with E-state index in [4.69, 9.17) is 9.47 Å². The first-order valence-electron chi connectivity index (χ1n) is 8.03. The highest BCUT2D eigenvalue weighted by Gasteiger charge is 2.25. The molecule has 1 aromatic rings. The van der Waals surface area contributed by atoms with Crippen molar-refractivity contribution >= 4 is 15.5 Å². The molecule has 8 heteroatoms. The van der Waals surface area contributed by atoms with Crippen molar-refractivity contribution in [2.24, 2.45) is 5.41 Å². The second-order valence-corrected chi connectivity index (χ2v) is 9.00. The maximum absolute atomic E-state index is 12.1. The molecule has 1 unspecified atom stereocenters. The normalized spacial score (nSPS) is 13.9. The van der Waals surface area contributed by atoms with Gasteiger partial charge in [-0.3, -0.25) is 0 Å². The summed E-state index contributed by atoms with van der Waals surface area (Å²) in [6, 6.07) is 6.74. The summed E-state index contributed by atoms with van der Waals surface area (Å²) in [5.41, 5.74) is 0.373. The van der Waals surface area contributed by atoms with Crippen molar-refractivity contribution in [1.82, 2.24) is 5.32 Å². The molecule has 0 aliphatic heterocycles. The van der Waals surface area contributed by atoms with Gasteiger partial charge in [-0.1, -0.05) is 20.8 Å². The van der Waals surface area contributed by atoms with Crippen molar-refractivity contribution in [3.8, 4) is 17.6 Å². The number of sulfone groups is 1. The molecule has 7 nitrogen and oxygen atoms in total. The molecule has 1 rings (SSSR count). The van der Waals surface area contributed by atoms with Crippen LogP contribution in [0.15, 0.2) is 28.9 Å². The number of ether oxygens (including phenoxy) is 2. The van der Waals surface area contributed by atoms with Gasteiger partial charge in [-0.2, -0.15) is 5.26 Å². The predicted octanol–water partition coefficient (Wildman–Crippen LogP) is 2.88. The Morgan fingerprint density at radius 2 is 1.65 bits per heavy atom. The minimum Gasteiger partial charge on any atom is -0.497 e. The first-order valence-corrected chi connectivity index (χ1v) is 9.92. The van der Waals surface area contributed by atoms with Crippen LogP contribution in [-0.2, 0) is 9.84 Å². The number of nitrogens with zero attached hydrogens (tertiary/aromatic N) is 1. The lowest BCUT2D eigenvalue weighted by atomic mass is 9.88. The lowest BCUT2D eigenvalue weighted by molar-refractivity contribution is 0.303. The molecule has 0 saturated heterocycles. The van der Waals surface area contributed by atoms with E-state index in [9.17, 15) is 13.7 Å². The maximum Gasteiger partial charge on any atom is 0.189 e. The topological polar surface area (TPSA) is 100 Å². The molecule has 2 N–H and O–H groups in total. The fourth-order valence-electron chi connectivity index (χ4n) is 1.94. The fraction of sp³-hybridized carbons (Fsp3) is 0.500. The number of benzene rings is 1. The molecule has 0 saturated carbocycles. The minimum atomic E-state index is -3.73. The van der Waals surface area contributed by atoms with Gasteiger partial charge in [0.25, 0.3) is 0 Å². The summed E-state index contributed by atoms with van der Waals surface area (Å²) in [7, 11) is -0.685. The summed E-state index contributed by atoms with van der Waals surface area (Å²) >= 11 is 0. The predicted molar refractivity (Wildman–Crippen MR) is 103 cm³/mol. The van der Waals surface area contributed by atoms with Gasteiger partial charge in [-0.25, -0.2) is 8.42 Å². The average Bonchev–Trinajstić information content (AvgIpc) is 2.52. The zero-order valence-electron chi connectivity index (χ0n) is 16.3. The van der Waals surface area contributed by atoms with Crippen molar-refractivity contribution in [3.63, 3.8) is 0 Å². The molecule has 0 bridgehead atoms. The van der Waals surface area contributed by atoms with Crippen LogP contribution >= 0.6 is 0 Å². The summed E-state index contributed by atoms with van der Waals surface area (Å²) in [6.45, 7) is 7.97. The highest BCUT2D eigenvalue weighted by atomic mass is 32.2. The van der Waals surface area contributed by atoms with Gasteiger partial charge in [0.1, 0.15) is 23.4 Å². The maximum atomic E-state index is 12.1. The Bertz CT molecular complexity index is 796. The third-order valence-corrected chi connectivity index (χ3v) is 5.02. The third kappa shape index (κ3) is 5.85. The highest BCUT2D eigenvalue weighted by Crippen LogP contribution is 2.28.